The van der Waals surface area contributed by atoms with Crippen molar-refractivity contribution >= 4 is 137 Å². The summed E-state index contributed by atoms with van der Waals surface area (Å²) < 4.78 is 17.1. The monoisotopic (exact) mass is 321 g/mol. The van der Waals surface area contributed by atoms with Gasteiger partial charge in [0.1, 0.15) is 0 Å². The minimum atomic E-state index is -5.39. The second-order valence-corrected chi connectivity index (χ2v) is 2.68. The molecule has 0 atom stereocenters. The Balaban J connectivity index is -0.0000000178. The molecule has 0 aromatic carbocycles. The molecule has 0 rings (SSSR count). The molecule has 0 N–H and O–H groups in total. The first-order chi connectivity index (χ1) is 4.00. The molecule has 0 bridgehead atoms. The van der Waals surface area contributed by atoms with Gasteiger partial charge in [-0.05, 0) is 0 Å². The molecule has 0 amide bonds. The third-order valence-electron chi connectivity index (χ3n) is 0. The summed E-state index contributed by atoms with van der Waals surface area (Å²) in [7, 11) is -10.8. The summed E-state index contributed by atoms with van der Waals surface area (Å²) in [6.45, 7) is 0. The van der Waals surface area contributed by atoms with Crippen LogP contribution in [0.2, 0.25) is 0 Å². The third-order valence-corrected chi connectivity index (χ3v) is 0. The molecule has 67 valence electrons. The van der Waals surface area contributed by atoms with E-state index in [0.717, 1.165) is 0 Å². The summed E-state index contributed by atoms with van der Waals surface area (Å²) >= 11 is 0. The zero-order valence-corrected chi connectivity index (χ0v) is 15.3. The fourth-order valence-corrected chi connectivity index (χ4v) is 0. The fraction of sp³-hybridized carbons (Fsp3) is 0. The summed E-state index contributed by atoms with van der Waals surface area (Å²) in [5, 5.41) is 0. The molecule has 14 heteroatoms. The molecule has 0 saturated heterocycles. The summed E-state index contributed by atoms with van der Waals surface area (Å²) in [6.07, 6.45) is 0. The Morgan fingerprint density at radius 3 is 0.571 bits per heavy atom. The fourth-order valence-electron chi connectivity index (χ4n) is 0. The van der Waals surface area contributed by atoms with Crippen LogP contribution >= 0.6 is 15.6 Å². The Labute approximate surface area is 172 Å². The van der Waals surface area contributed by atoms with Gasteiger partial charge in [-0.3, -0.25) is 0 Å². The van der Waals surface area contributed by atoms with Crippen LogP contribution in [-0.2, 0) is 9.13 Å². The van der Waals surface area contributed by atoms with E-state index in [9.17, 15) is 0 Å². The first-order valence-electron chi connectivity index (χ1n) is 1.46. The molecule has 14 heavy (non-hydrogen) atoms. The first kappa shape index (κ1) is 36.1. The van der Waals surface area contributed by atoms with Crippen LogP contribution in [0.1, 0.15) is 0 Å². The predicted molar refractivity (Wildman–Crippen MR) is 38.2 cm³/mol. The molecular formula is BCa3O8P2. The van der Waals surface area contributed by atoms with E-state index in [4.69, 9.17) is 38.5 Å². The van der Waals surface area contributed by atoms with Crippen molar-refractivity contribution in [1.82, 2.24) is 0 Å². The Bertz CT molecular complexity index is 135. The Morgan fingerprint density at radius 1 is 0.571 bits per heavy atom. The van der Waals surface area contributed by atoms with Gasteiger partial charge in [-0.15, -0.1) is 0 Å². The molecule has 0 fully saturated rings. The smallest absolute Gasteiger partial charge is 0.822 e. The van der Waals surface area contributed by atoms with Crippen LogP contribution in [0.4, 0.5) is 0 Å². The average molecular weight is 321 g/mol. The van der Waals surface area contributed by atoms with Gasteiger partial charge >= 0.3 is 113 Å². The van der Waals surface area contributed by atoms with Gasteiger partial charge in [-0.25, -0.2) is 0 Å². The van der Waals surface area contributed by atoms with Gasteiger partial charge in [-0.2, -0.15) is 15.6 Å². The van der Waals surface area contributed by atoms with Gasteiger partial charge in [0.25, 0.3) is 0 Å². The van der Waals surface area contributed by atoms with E-state index in [1.54, 1.807) is 0 Å². The zero-order valence-electron chi connectivity index (χ0n) is 6.86. The number of hydrogen-bond donors (Lipinski definition) is 0. The van der Waals surface area contributed by atoms with Crippen molar-refractivity contribution in [1.29, 1.82) is 0 Å². The van der Waals surface area contributed by atoms with Crippen molar-refractivity contribution < 1.29 is 38.5 Å². The molecule has 3 radical (unpaired) electrons. The van der Waals surface area contributed by atoms with Crippen molar-refractivity contribution in [3.63, 3.8) is 0 Å². The minimum absolute atomic E-state index is 0. The van der Waals surface area contributed by atoms with Gasteiger partial charge in [0.15, 0.2) is 0 Å². The molecule has 0 aliphatic carbocycles. The maximum Gasteiger partial charge on any atom is 2.00 e. The van der Waals surface area contributed by atoms with E-state index in [-0.39, 0.29) is 122 Å². The van der Waals surface area contributed by atoms with Gasteiger partial charge in [0, 0.05) is 8.41 Å². The second-order valence-electron chi connectivity index (χ2n) is 0.894. The van der Waals surface area contributed by atoms with E-state index < -0.39 is 15.6 Å². The van der Waals surface area contributed by atoms with Crippen LogP contribution < -0.4 is 29.4 Å². The molecule has 0 aliphatic heterocycles. The van der Waals surface area contributed by atoms with Gasteiger partial charge in [0.2, 0.25) is 0 Å². The maximum absolute atomic E-state index is 8.55. The van der Waals surface area contributed by atoms with E-state index in [1.807, 2.05) is 0 Å². The van der Waals surface area contributed by atoms with E-state index in [1.165, 1.54) is 0 Å². The molecule has 0 heterocycles. The van der Waals surface area contributed by atoms with Crippen LogP contribution in [0.5, 0.6) is 0 Å². The quantitative estimate of drug-likeness (QED) is 0.312. The van der Waals surface area contributed by atoms with E-state index >= 15 is 0 Å². The van der Waals surface area contributed by atoms with Gasteiger partial charge in [-0.1, -0.05) is 0 Å². The molecule has 0 saturated carbocycles. The van der Waals surface area contributed by atoms with Crippen molar-refractivity contribution in [3.8, 4) is 0 Å². The zero-order chi connectivity index (χ0) is 9.00. The Morgan fingerprint density at radius 2 is 0.571 bits per heavy atom. The summed E-state index contributed by atoms with van der Waals surface area (Å²) in [6, 6.07) is 0. The van der Waals surface area contributed by atoms with Crippen molar-refractivity contribution in [3.05, 3.63) is 0 Å². The van der Waals surface area contributed by atoms with Crippen LogP contribution in [0.25, 0.3) is 0 Å². The molecule has 0 aromatic rings. The minimum Gasteiger partial charge on any atom is -0.822 e. The molecule has 0 aliphatic rings. The summed E-state index contributed by atoms with van der Waals surface area (Å²) in [5.74, 6) is 0. The average Bonchev–Trinajstić information content (AvgIpc) is 1.12. The summed E-state index contributed by atoms with van der Waals surface area (Å²) in [4.78, 5) is 51.3. The van der Waals surface area contributed by atoms with Crippen LogP contribution in [0.3, 0.4) is 0 Å². The maximum atomic E-state index is 8.55. The topological polar surface area (TPSA) is 172 Å². The number of hydrogen-bond acceptors (Lipinski definition) is 8. The molecule has 0 spiro atoms. The van der Waals surface area contributed by atoms with Gasteiger partial charge < -0.3 is 38.5 Å². The van der Waals surface area contributed by atoms with Crippen molar-refractivity contribution in [2.24, 2.45) is 0 Å². The van der Waals surface area contributed by atoms with Gasteiger partial charge in [0.05, 0.1) is 0 Å². The van der Waals surface area contributed by atoms with Crippen molar-refractivity contribution in [2.75, 3.05) is 0 Å². The Hall–Kier alpha value is 4.06. The van der Waals surface area contributed by atoms with Crippen LogP contribution in [-0.4, -0.2) is 122 Å². The van der Waals surface area contributed by atoms with E-state index in [0.29, 0.717) is 0 Å². The molecule has 0 aromatic heterocycles. The molecule has 0 unspecified atom stereocenters. The SMILES string of the molecule is O=P([O-])([O-])[O-].O=P([O-])([O-])[O-].[B].[Ca+2].[Ca+2].[Ca+2]. The second kappa shape index (κ2) is 17.1. The van der Waals surface area contributed by atoms with E-state index in [2.05, 4.69) is 0 Å². The number of phosphoric acid groups is 2. The molecular weight excluding hydrogens is 321 g/mol. The normalized spacial score (nSPS) is 8.43. The Kier molecular flexibility index (Phi) is 44.1. The summed E-state index contributed by atoms with van der Waals surface area (Å²) in [5.41, 5.74) is 0. The predicted octanol–water partition coefficient (Wildman–Crippen LogP) is -7.17. The number of rotatable bonds is 0. The van der Waals surface area contributed by atoms with Crippen LogP contribution in [0.15, 0.2) is 0 Å². The first-order valence-corrected chi connectivity index (χ1v) is 4.38. The standard InChI is InChI=1S/B.3Ca.2H3O4P/c;;;;2*1-5(2,3)4/h;;;;2*(H3,1,2,3,4)/q;3*+2;;/p-6. The van der Waals surface area contributed by atoms with Crippen LogP contribution in [0, 0.1) is 0 Å². The largest absolute Gasteiger partial charge is 2.00 e. The van der Waals surface area contributed by atoms with Crippen molar-refractivity contribution in [2.45, 2.75) is 0 Å². The molecule has 8 nitrogen and oxygen atoms in total. The third kappa shape index (κ3) is 221.